The van der Waals surface area contributed by atoms with Crippen LogP contribution in [0.2, 0.25) is 0 Å². The summed E-state index contributed by atoms with van der Waals surface area (Å²) in [5.74, 6) is -1.01. The molecule has 2 N–H and O–H groups in total. The summed E-state index contributed by atoms with van der Waals surface area (Å²) in [5, 5.41) is 11.6. The van der Waals surface area contributed by atoms with Gasteiger partial charge in [-0.3, -0.25) is 4.79 Å². The molecule has 0 atom stereocenters. The van der Waals surface area contributed by atoms with E-state index in [0.717, 1.165) is 4.90 Å². The average Bonchev–Trinajstić information content (AvgIpc) is 2.36. The number of aliphatic carboxylic acids is 1. The highest BCUT2D eigenvalue weighted by molar-refractivity contribution is 5.78. The van der Waals surface area contributed by atoms with Gasteiger partial charge in [-0.05, 0) is 12.8 Å². The number of ether oxygens (including phenoxy) is 1. The number of carboxylic acid groups (broad SMARTS) is 1. The molecule has 0 saturated carbocycles. The number of hydrogen-bond donors (Lipinski definition) is 2. The fraction of sp³-hybridized carbons (Fsp3) is 0.818. The Morgan fingerprint density at radius 2 is 2.00 bits per heavy atom. The highest BCUT2D eigenvalue weighted by atomic mass is 19.3. The Morgan fingerprint density at radius 3 is 2.47 bits per heavy atom. The molecular weight excluding hydrogens is 262 g/mol. The first-order valence-electron chi connectivity index (χ1n) is 5.96. The lowest BCUT2D eigenvalue weighted by molar-refractivity contribution is -0.154. The van der Waals surface area contributed by atoms with Gasteiger partial charge >= 0.3 is 12.0 Å². The van der Waals surface area contributed by atoms with Crippen molar-refractivity contribution in [3.8, 4) is 0 Å². The van der Waals surface area contributed by atoms with Crippen LogP contribution in [0.5, 0.6) is 0 Å². The Bertz CT molecular complexity index is 333. The third kappa shape index (κ3) is 4.30. The lowest BCUT2D eigenvalue weighted by atomic mass is 9.80. The highest BCUT2D eigenvalue weighted by Crippen LogP contribution is 2.30. The number of halogens is 2. The summed E-state index contributed by atoms with van der Waals surface area (Å²) < 4.78 is 29.3. The molecule has 1 saturated heterocycles. The second-order valence-corrected chi connectivity index (χ2v) is 4.63. The maximum atomic E-state index is 12.1. The largest absolute Gasteiger partial charge is 0.481 e. The van der Waals surface area contributed by atoms with Crippen molar-refractivity contribution in [1.29, 1.82) is 0 Å². The van der Waals surface area contributed by atoms with Gasteiger partial charge in [-0.2, -0.15) is 0 Å². The molecule has 19 heavy (non-hydrogen) atoms. The second kappa shape index (κ2) is 6.65. The number of nitrogens with zero attached hydrogens (tertiary/aromatic N) is 1. The summed E-state index contributed by atoms with van der Waals surface area (Å²) in [6, 6.07) is -0.701. The minimum atomic E-state index is -2.62. The van der Waals surface area contributed by atoms with Crippen molar-refractivity contribution in [3.05, 3.63) is 0 Å². The van der Waals surface area contributed by atoms with Gasteiger partial charge in [0.1, 0.15) is 0 Å². The zero-order valence-electron chi connectivity index (χ0n) is 10.7. The number of rotatable bonds is 5. The van der Waals surface area contributed by atoms with Crippen molar-refractivity contribution < 1.29 is 28.2 Å². The number of nitrogens with one attached hydrogen (secondary N) is 1. The van der Waals surface area contributed by atoms with Gasteiger partial charge in [0.25, 0.3) is 6.43 Å². The number of urea groups is 1. The second-order valence-electron chi connectivity index (χ2n) is 4.63. The fourth-order valence-corrected chi connectivity index (χ4v) is 1.90. The van der Waals surface area contributed by atoms with E-state index in [4.69, 9.17) is 4.74 Å². The van der Waals surface area contributed by atoms with Gasteiger partial charge in [0.15, 0.2) is 0 Å². The van der Waals surface area contributed by atoms with Gasteiger partial charge in [-0.25, -0.2) is 13.6 Å². The molecule has 0 aromatic heterocycles. The Kier molecular flexibility index (Phi) is 5.46. The van der Waals surface area contributed by atoms with Crippen molar-refractivity contribution in [3.63, 3.8) is 0 Å². The van der Waals surface area contributed by atoms with E-state index >= 15 is 0 Å². The van der Waals surface area contributed by atoms with E-state index in [-0.39, 0.29) is 6.54 Å². The van der Waals surface area contributed by atoms with Crippen LogP contribution in [0, 0.1) is 5.41 Å². The van der Waals surface area contributed by atoms with Crippen molar-refractivity contribution in [1.82, 2.24) is 10.2 Å². The average molecular weight is 280 g/mol. The number of alkyl halides is 2. The maximum Gasteiger partial charge on any atom is 0.317 e. The lowest BCUT2D eigenvalue weighted by Crippen LogP contribution is -2.49. The van der Waals surface area contributed by atoms with Crippen LogP contribution in [0.15, 0.2) is 0 Å². The number of carbonyl (C=O) groups excluding carboxylic acids is 1. The van der Waals surface area contributed by atoms with E-state index < -0.39 is 30.4 Å². The zero-order chi connectivity index (χ0) is 14.5. The number of amides is 2. The van der Waals surface area contributed by atoms with Crippen molar-refractivity contribution in [2.24, 2.45) is 5.41 Å². The molecule has 8 heteroatoms. The van der Waals surface area contributed by atoms with Crippen LogP contribution in [0.4, 0.5) is 13.6 Å². The van der Waals surface area contributed by atoms with E-state index in [1.807, 2.05) is 0 Å². The van der Waals surface area contributed by atoms with Gasteiger partial charge in [-0.1, -0.05) is 0 Å². The molecule has 6 nitrogen and oxygen atoms in total. The van der Waals surface area contributed by atoms with Gasteiger partial charge < -0.3 is 20.1 Å². The predicted octanol–water partition coefficient (Wildman–Crippen LogP) is 0.774. The summed E-state index contributed by atoms with van der Waals surface area (Å²) >= 11 is 0. The number of carboxylic acids is 1. The molecule has 1 aliphatic rings. The van der Waals surface area contributed by atoms with Crippen LogP contribution in [0.1, 0.15) is 12.8 Å². The van der Waals surface area contributed by atoms with Gasteiger partial charge in [0.2, 0.25) is 0 Å². The van der Waals surface area contributed by atoms with Crippen LogP contribution < -0.4 is 5.32 Å². The van der Waals surface area contributed by atoms with E-state index in [2.05, 4.69) is 5.32 Å². The van der Waals surface area contributed by atoms with Gasteiger partial charge in [0.05, 0.1) is 12.0 Å². The molecule has 0 aliphatic carbocycles. The lowest BCUT2D eigenvalue weighted by Gasteiger charge is -2.33. The summed E-state index contributed by atoms with van der Waals surface area (Å²) in [5.41, 5.74) is -1.07. The Balaban J connectivity index is 2.52. The minimum Gasteiger partial charge on any atom is -0.481 e. The Morgan fingerprint density at radius 1 is 1.42 bits per heavy atom. The quantitative estimate of drug-likeness (QED) is 0.780. The highest BCUT2D eigenvalue weighted by Gasteiger charge is 2.40. The van der Waals surface area contributed by atoms with Gasteiger partial charge in [0, 0.05) is 26.8 Å². The molecule has 0 unspecified atom stereocenters. The zero-order valence-corrected chi connectivity index (χ0v) is 10.7. The minimum absolute atomic E-state index is 0.0852. The number of hydrogen-bond acceptors (Lipinski definition) is 3. The summed E-state index contributed by atoms with van der Waals surface area (Å²) in [6.07, 6.45) is -2.03. The smallest absolute Gasteiger partial charge is 0.317 e. The topological polar surface area (TPSA) is 78.9 Å². The fourth-order valence-electron chi connectivity index (χ4n) is 1.90. The van der Waals surface area contributed by atoms with Gasteiger partial charge in [-0.15, -0.1) is 0 Å². The standard InChI is InChI=1S/C11H18F2N2O4/c1-15(6-8(12)13)10(18)14-7-11(9(16)17)2-4-19-5-3-11/h8H,2-7H2,1H3,(H,14,18)(H,16,17). The van der Waals surface area contributed by atoms with Crippen molar-refractivity contribution >= 4 is 12.0 Å². The Hall–Kier alpha value is -1.44. The molecule has 2 amide bonds. The monoisotopic (exact) mass is 280 g/mol. The predicted molar refractivity (Wildman–Crippen MR) is 62.2 cm³/mol. The number of carbonyl (C=O) groups is 2. The Labute approximate surface area is 109 Å². The first kappa shape index (κ1) is 15.6. The normalized spacial score (nSPS) is 18.1. The third-order valence-corrected chi connectivity index (χ3v) is 3.24. The molecule has 1 rings (SSSR count). The summed E-state index contributed by atoms with van der Waals surface area (Å²) in [4.78, 5) is 23.7. The third-order valence-electron chi connectivity index (χ3n) is 3.24. The molecule has 1 fully saturated rings. The molecule has 0 radical (unpaired) electrons. The SMILES string of the molecule is CN(CC(F)F)C(=O)NCC1(C(=O)O)CCOCC1. The summed E-state index contributed by atoms with van der Waals surface area (Å²) in [6.45, 7) is -0.142. The van der Waals surface area contributed by atoms with E-state index in [0.29, 0.717) is 26.1 Å². The molecule has 0 aromatic rings. The van der Waals surface area contributed by atoms with Crippen LogP contribution >= 0.6 is 0 Å². The van der Waals surface area contributed by atoms with Crippen LogP contribution in [-0.2, 0) is 9.53 Å². The molecule has 110 valence electrons. The van der Waals surface area contributed by atoms with E-state index in [9.17, 15) is 23.5 Å². The molecule has 0 aromatic carbocycles. The van der Waals surface area contributed by atoms with E-state index in [1.54, 1.807) is 0 Å². The first-order valence-corrected chi connectivity index (χ1v) is 5.96. The van der Waals surface area contributed by atoms with E-state index in [1.165, 1.54) is 7.05 Å². The molecule has 0 spiro atoms. The van der Waals surface area contributed by atoms with Crippen LogP contribution in [0.25, 0.3) is 0 Å². The maximum absolute atomic E-state index is 12.1. The molecule has 1 heterocycles. The van der Waals surface area contributed by atoms with Crippen molar-refractivity contribution in [2.75, 3.05) is 33.4 Å². The molecular formula is C11H18F2N2O4. The first-order chi connectivity index (χ1) is 8.87. The molecule has 1 aliphatic heterocycles. The van der Waals surface area contributed by atoms with Crippen LogP contribution in [0.3, 0.4) is 0 Å². The van der Waals surface area contributed by atoms with Crippen LogP contribution in [-0.4, -0.2) is 61.8 Å². The molecule has 0 bridgehead atoms. The summed E-state index contributed by atoms with van der Waals surface area (Å²) in [7, 11) is 1.24. The van der Waals surface area contributed by atoms with Crippen molar-refractivity contribution in [2.45, 2.75) is 19.3 Å².